The summed E-state index contributed by atoms with van der Waals surface area (Å²) >= 11 is 12.1. The minimum atomic E-state index is -0.182. The van der Waals surface area contributed by atoms with Crippen LogP contribution in [0.15, 0.2) is 41.0 Å². The van der Waals surface area contributed by atoms with E-state index in [0.717, 1.165) is 0 Å². The average Bonchev–Trinajstić information content (AvgIpc) is 3.12. The topological polar surface area (TPSA) is 62.6 Å². The fraction of sp³-hybridized carbons (Fsp3) is 0.294. The van der Waals surface area contributed by atoms with Gasteiger partial charge in [0.25, 0.3) is 5.91 Å². The summed E-state index contributed by atoms with van der Waals surface area (Å²) in [7, 11) is 0. The Labute approximate surface area is 149 Å². The minimum absolute atomic E-state index is 0.130. The van der Waals surface area contributed by atoms with Crippen molar-refractivity contribution in [2.75, 3.05) is 18.4 Å². The van der Waals surface area contributed by atoms with Crippen LogP contribution < -0.4 is 5.32 Å². The molecule has 0 atom stereocenters. The Kier molecular flexibility index (Phi) is 5.11. The number of carbonyl (C=O) groups excluding carboxylic acids is 2. The number of hydrogen-bond donors (Lipinski definition) is 1. The second kappa shape index (κ2) is 7.28. The van der Waals surface area contributed by atoms with E-state index in [4.69, 9.17) is 27.6 Å². The molecule has 126 valence electrons. The Morgan fingerprint density at radius 1 is 1.08 bits per heavy atom. The highest BCUT2D eigenvalue weighted by Crippen LogP contribution is 2.31. The van der Waals surface area contributed by atoms with Crippen LogP contribution in [0.2, 0.25) is 10.0 Å². The van der Waals surface area contributed by atoms with E-state index in [0.29, 0.717) is 47.4 Å². The van der Waals surface area contributed by atoms with Crippen LogP contribution in [0.4, 0.5) is 5.69 Å². The third-order valence-corrected chi connectivity index (χ3v) is 4.73. The third kappa shape index (κ3) is 3.57. The van der Waals surface area contributed by atoms with Crippen molar-refractivity contribution in [1.82, 2.24) is 4.90 Å². The molecule has 2 heterocycles. The van der Waals surface area contributed by atoms with Crippen LogP contribution in [0, 0.1) is 5.92 Å². The van der Waals surface area contributed by atoms with Crippen molar-refractivity contribution in [3.63, 3.8) is 0 Å². The Hall–Kier alpha value is -1.98. The number of furan rings is 1. The van der Waals surface area contributed by atoms with E-state index in [2.05, 4.69) is 5.32 Å². The molecule has 3 rings (SSSR count). The molecule has 0 saturated carbocycles. The summed E-state index contributed by atoms with van der Waals surface area (Å²) in [6.07, 6.45) is 2.64. The molecule has 7 heteroatoms. The third-order valence-electron chi connectivity index (χ3n) is 4.10. The first kappa shape index (κ1) is 16.9. The van der Waals surface area contributed by atoms with E-state index < -0.39 is 0 Å². The van der Waals surface area contributed by atoms with Gasteiger partial charge in [0.05, 0.1) is 22.0 Å². The maximum absolute atomic E-state index is 12.4. The SMILES string of the molecule is O=C(Nc1c(Cl)cccc1Cl)C1CCN(C(=O)c2ccco2)CC1. The summed E-state index contributed by atoms with van der Waals surface area (Å²) < 4.78 is 5.13. The standard InChI is InChI=1S/C17H16Cl2N2O3/c18-12-3-1-4-13(19)15(12)20-16(22)11-6-8-21(9-7-11)17(23)14-5-2-10-24-14/h1-5,10-11H,6-9H2,(H,20,22). The van der Waals surface area contributed by atoms with E-state index in [1.807, 2.05) is 0 Å². The molecule has 5 nitrogen and oxygen atoms in total. The van der Waals surface area contributed by atoms with Gasteiger partial charge >= 0.3 is 0 Å². The first-order valence-electron chi connectivity index (χ1n) is 7.64. The number of para-hydroxylation sites is 1. The first-order chi connectivity index (χ1) is 11.6. The highest BCUT2D eigenvalue weighted by molar-refractivity contribution is 6.39. The normalized spacial score (nSPS) is 15.3. The summed E-state index contributed by atoms with van der Waals surface area (Å²) in [4.78, 5) is 26.3. The van der Waals surface area contributed by atoms with Crippen molar-refractivity contribution < 1.29 is 14.0 Å². The molecule has 1 saturated heterocycles. The zero-order chi connectivity index (χ0) is 17.1. The second-order valence-electron chi connectivity index (χ2n) is 5.63. The number of benzene rings is 1. The van der Waals surface area contributed by atoms with Crippen molar-refractivity contribution in [1.29, 1.82) is 0 Å². The fourth-order valence-electron chi connectivity index (χ4n) is 2.74. The molecule has 2 aromatic rings. The van der Waals surface area contributed by atoms with E-state index >= 15 is 0 Å². The van der Waals surface area contributed by atoms with Gasteiger partial charge in [0.1, 0.15) is 0 Å². The molecule has 0 unspecified atom stereocenters. The molecular formula is C17H16Cl2N2O3. The molecule has 1 aliphatic heterocycles. The molecule has 1 aliphatic rings. The maximum Gasteiger partial charge on any atom is 0.289 e. The van der Waals surface area contributed by atoms with Gasteiger partial charge in [0, 0.05) is 19.0 Å². The number of halogens is 2. The quantitative estimate of drug-likeness (QED) is 0.889. The summed E-state index contributed by atoms with van der Waals surface area (Å²) in [6.45, 7) is 1.02. The van der Waals surface area contributed by atoms with Gasteiger partial charge in [-0.1, -0.05) is 29.3 Å². The van der Waals surface area contributed by atoms with Crippen LogP contribution in [-0.4, -0.2) is 29.8 Å². The van der Waals surface area contributed by atoms with Crippen LogP contribution in [0.1, 0.15) is 23.4 Å². The van der Waals surface area contributed by atoms with E-state index in [-0.39, 0.29) is 17.7 Å². The van der Waals surface area contributed by atoms with Crippen molar-refractivity contribution in [2.24, 2.45) is 5.92 Å². The van der Waals surface area contributed by atoms with Crippen LogP contribution in [0.5, 0.6) is 0 Å². The lowest BCUT2D eigenvalue weighted by atomic mass is 9.95. The summed E-state index contributed by atoms with van der Waals surface area (Å²) in [5, 5.41) is 3.60. The van der Waals surface area contributed by atoms with Gasteiger partial charge in [-0.2, -0.15) is 0 Å². The van der Waals surface area contributed by atoms with Gasteiger partial charge in [-0.15, -0.1) is 0 Å². The minimum Gasteiger partial charge on any atom is -0.459 e. The van der Waals surface area contributed by atoms with Crippen LogP contribution in [-0.2, 0) is 4.79 Å². The van der Waals surface area contributed by atoms with Crippen molar-refractivity contribution >= 4 is 40.7 Å². The number of piperidine rings is 1. The molecule has 2 amide bonds. The fourth-order valence-corrected chi connectivity index (χ4v) is 3.24. The number of nitrogens with zero attached hydrogens (tertiary/aromatic N) is 1. The van der Waals surface area contributed by atoms with Gasteiger partial charge in [0.2, 0.25) is 5.91 Å². The largest absolute Gasteiger partial charge is 0.459 e. The van der Waals surface area contributed by atoms with Crippen molar-refractivity contribution in [3.8, 4) is 0 Å². The van der Waals surface area contributed by atoms with Crippen molar-refractivity contribution in [2.45, 2.75) is 12.8 Å². The van der Waals surface area contributed by atoms with E-state index in [1.54, 1.807) is 35.2 Å². The molecular weight excluding hydrogens is 351 g/mol. The molecule has 1 N–H and O–H groups in total. The maximum atomic E-state index is 12.4. The van der Waals surface area contributed by atoms with Crippen LogP contribution in [0.3, 0.4) is 0 Å². The zero-order valence-electron chi connectivity index (χ0n) is 12.8. The Bertz CT molecular complexity index is 718. The Balaban J connectivity index is 1.58. The smallest absolute Gasteiger partial charge is 0.289 e. The lowest BCUT2D eigenvalue weighted by molar-refractivity contribution is -0.121. The predicted octanol–water partition coefficient (Wildman–Crippen LogP) is 4.08. The zero-order valence-corrected chi connectivity index (χ0v) is 14.3. The number of amides is 2. The van der Waals surface area contributed by atoms with Gasteiger partial charge in [-0.25, -0.2) is 0 Å². The summed E-state index contributed by atoms with van der Waals surface area (Å²) in [5.41, 5.74) is 0.430. The lowest BCUT2D eigenvalue weighted by Crippen LogP contribution is -2.41. The average molecular weight is 367 g/mol. The summed E-state index contributed by atoms with van der Waals surface area (Å²) in [6, 6.07) is 8.39. The number of rotatable bonds is 3. The Morgan fingerprint density at radius 3 is 2.33 bits per heavy atom. The van der Waals surface area contributed by atoms with Crippen LogP contribution in [0.25, 0.3) is 0 Å². The van der Waals surface area contributed by atoms with Gasteiger partial charge in [-0.3, -0.25) is 9.59 Å². The molecule has 1 aromatic heterocycles. The van der Waals surface area contributed by atoms with Crippen LogP contribution >= 0.6 is 23.2 Å². The predicted molar refractivity (Wildman–Crippen MR) is 92.4 cm³/mol. The molecule has 0 bridgehead atoms. The van der Waals surface area contributed by atoms with Gasteiger partial charge in [-0.05, 0) is 37.1 Å². The molecule has 0 spiro atoms. The number of likely N-dealkylation sites (tertiary alicyclic amines) is 1. The van der Waals surface area contributed by atoms with Crippen molar-refractivity contribution in [3.05, 3.63) is 52.4 Å². The highest BCUT2D eigenvalue weighted by atomic mass is 35.5. The second-order valence-corrected chi connectivity index (χ2v) is 6.44. The van der Waals surface area contributed by atoms with Gasteiger partial charge in [0.15, 0.2) is 5.76 Å². The molecule has 0 aliphatic carbocycles. The summed E-state index contributed by atoms with van der Waals surface area (Å²) in [5.74, 6) is -0.137. The van der Waals surface area contributed by atoms with E-state index in [1.165, 1.54) is 6.26 Å². The van der Waals surface area contributed by atoms with E-state index in [9.17, 15) is 9.59 Å². The molecule has 24 heavy (non-hydrogen) atoms. The number of anilines is 1. The van der Waals surface area contributed by atoms with Gasteiger partial charge < -0.3 is 14.6 Å². The number of hydrogen-bond acceptors (Lipinski definition) is 3. The number of nitrogens with one attached hydrogen (secondary N) is 1. The number of carbonyl (C=O) groups is 2. The Morgan fingerprint density at radius 2 is 1.75 bits per heavy atom. The highest BCUT2D eigenvalue weighted by Gasteiger charge is 2.29. The molecule has 0 radical (unpaired) electrons. The molecule has 1 aromatic carbocycles. The lowest BCUT2D eigenvalue weighted by Gasteiger charge is -2.30. The first-order valence-corrected chi connectivity index (χ1v) is 8.39. The monoisotopic (exact) mass is 366 g/mol. The molecule has 1 fully saturated rings.